The largest absolute Gasteiger partial charge is 0.447 e. The molecule has 29 heavy (non-hydrogen) atoms. The first kappa shape index (κ1) is 19.6. The van der Waals surface area contributed by atoms with E-state index in [4.69, 9.17) is 9.26 Å². The van der Waals surface area contributed by atoms with Crippen LogP contribution in [0.5, 0.6) is 0 Å². The molecule has 1 aliphatic carbocycles. The van der Waals surface area contributed by atoms with E-state index in [1.165, 1.54) is 19.8 Å². The van der Waals surface area contributed by atoms with Crippen molar-refractivity contribution in [2.24, 2.45) is 5.92 Å². The van der Waals surface area contributed by atoms with E-state index >= 15 is 0 Å². The molecule has 2 aromatic rings. The molecule has 0 radical (unpaired) electrons. The molecule has 7 heteroatoms. The number of rotatable bonds is 5. The van der Waals surface area contributed by atoms with Crippen LogP contribution in [0.25, 0.3) is 0 Å². The quantitative estimate of drug-likeness (QED) is 0.717. The average Bonchev–Trinajstić information content (AvgIpc) is 3.44. The van der Waals surface area contributed by atoms with E-state index in [2.05, 4.69) is 10.1 Å². The standard InChI is InChI=1S/C22H27N3O4/c1-15(26)28-19(16-7-3-2-4-8-16)21-23-20(24-29-21)17-11-13-25(14-12-17)22(27)18-9-5-6-10-18/h2-4,7-8,17-19H,5-6,9-14H2,1H3. The minimum Gasteiger partial charge on any atom is -0.447 e. The molecule has 2 aliphatic rings. The average molecular weight is 397 g/mol. The van der Waals surface area contributed by atoms with E-state index in [0.29, 0.717) is 11.7 Å². The molecule has 4 rings (SSSR count). The molecular formula is C22H27N3O4. The van der Waals surface area contributed by atoms with E-state index < -0.39 is 12.1 Å². The van der Waals surface area contributed by atoms with Crippen LogP contribution in [0.15, 0.2) is 34.9 Å². The van der Waals surface area contributed by atoms with Crippen molar-refractivity contribution in [2.45, 2.75) is 57.5 Å². The summed E-state index contributed by atoms with van der Waals surface area (Å²) in [7, 11) is 0. The van der Waals surface area contributed by atoms with Gasteiger partial charge in [-0.1, -0.05) is 48.3 Å². The molecule has 154 valence electrons. The molecule has 0 spiro atoms. The number of likely N-dealkylation sites (tertiary alicyclic amines) is 1. The van der Waals surface area contributed by atoms with Crippen LogP contribution in [0.4, 0.5) is 0 Å². The highest BCUT2D eigenvalue weighted by atomic mass is 16.6. The number of ether oxygens (including phenoxy) is 1. The van der Waals surface area contributed by atoms with Crippen LogP contribution in [0.2, 0.25) is 0 Å². The van der Waals surface area contributed by atoms with Crippen molar-refractivity contribution in [3.8, 4) is 0 Å². The zero-order chi connectivity index (χ0) is 20.2. The highest BCUT2D eigenvalue weighted by Gasteiger charge is 2.32. The number of piperidine rings is 1. The predicted octanol–water partition coefficient (Wildman–Crippen LogP) is 3.62. The maximum Gasteiger partial charge on any atom is 0.303 e. The molecule has 1 unspecified atom stereocenters. The normalized spacial score (nSPS) is 19.3. The van der Waals surface area contributed by atoms with Crippen molar-refractivity contribution in [3.63, 3.8) is 0 Å². The van der Waals surface area contributed by atoms with Crippen molar-refractivity contribution >= 4 is 11.9 Å². The molecule has 1 aliphatic heterocycles. The molecule has 0 N–H and O–H groups in total. The lowest BCUT2D eigenvalue weighted by Gasteiger charge is -2.32. The van der Waals surface area contributed by atoms with E-state index in [1.54, 1.807) is 0 Å². The first-order valence-corrected chi connectivity index (χ1v) is 10.5. The fourth-order valence-corrected chi connectivity index (χ4v) is 4.36. The Kier molecular flexibility index (Phi) is 5.92. The van der Waals surface area contributed by atoms with Crippen LogP contribution in [0.3, 0.4) is 0 Å². The summed E-state index contributed by atoms with van der Waals surface area (Å²) in [6.07, 6.45) is 5.34. The van der Waals surface area contributed by atoms with E-state index in [0.717, 1.165) is 44.3 Å². The first-order chi connectivity index (χ1) is 14.1. The van der Waals surface area contributed by atoms with Gasteiger partial charge < -0.3 is 14.2 Å². The summed E-state index contributed by atoms with van der Waals surface area (Å²) >= 11 is 0. The predicted molar refractivity (Wildman–Crippen MR) is 105 cm³/mol. The van der Waals surface area contributed by atoms with Crippen molar-refractivity contribution in [1.82, 2.24) is 15.0 Å². The number of hydrogen-bond donors (Lipinski definition) is 0. The van der Waals surface area contributed by atoms with Crippen LogP contribution >= 0.6 is 0 Å². The van der Waals surface area contributed by atoms with Crippen molar-refractivity contribution in [3.05, 3.63) is 47.6 Å². The second-order valence-electron chi connectivity index (χ2n) is 7.97. The molecule has 1 saturated heterocycles. The molecule has 1 amide bonds. The molecule has 2 heterocycles. The summed E-state index contributed by atoms with van der Waals surface area (Å²) in [6, 6.07) is 9.38. The van der Waals surface area contributed by atoms with Crippen LogP contribution in [-0.2, 0) is 14.3 Å². The van der Waals surface area contributed by atoms with Crippen molar-refractivity contribution in [2.75, 3.05) is 13.1 Å². The lowest BCUT2D eigenvalue weighted by atomic mass is 9.94. The van der Waals surface area contributed by atoms with E-state index in [9.17, 15) is 9.59 Å². The Morgan fingerprint density at radius 2 is 1.79 bits per heavy atom. The summed E-state index contributed by atoms with van der Waals surface area (Å²) < 4.78 is 10.9. The Labute approximate surface area is 170 Å². The lowest BCUT2D eigenvalue weighted by Crippen LogP contribution is -2.41. The third-order valence-corrected chi connectivity index (χ3v) is 5.94. The Hall–Kier alpha value is -2.70. The number of aromatic nitrogens is 2. The van der Waals surface area contributed by atoms with Gasteiger partial charge in [0, 0.05) is 37.4 Å². The topological polar surface area (TPSA) is 85.5 Å². The maximum atomic E-state index is 12.6. The number of hydrogen-bond acceptors (Lipinski definition) is 6. The molecule has 1 aromatic heterocycles. The highest BCUT2D eigenvalue weighted by Crippen LogP contribution is 2.32. The third-order valence-electron chi connectivity index (χ3n) is 5.94. The second kappa shape index (κ2) is 8.76. The van der Waals surface area contributed by atoms with Gasteiger partial charge in [0.1, 0.15) is 0 Å². The van der Waals surface area contributed by atoms with Crippen LogP contribution < -0.4 is 0 Å². The van der Waals surface area contributed by atoms with Gasteiger partial charge in [0.25, 0.3) is 5.89 Å². The zero-order valence-electron chi connectivity index (χ0n) is 16.8. The smallest absolute Gasteiger partial charge is 0.303 e. The van der Waals surface area contributed by atoms with Gasteiger partial charge >= 0.3 is 5.97 Å². The summed E-state index contributed by atoms with van der Waals surface area (Å²) in [5.41, 5.74) is 0.787. The Morgan fingerprint density at radius 3 is 2.45 bits per heavy atom. The number of esters is 1. The molecule has 7 nitrogen and oxygen atoms in total. The van der Waals surface area contributed by atoms with Gasteiger partial charge in [-0.15, -0.1) is 0 Å². The molecule has 1 aromatic carbocycles. The molecule has 2 fully saturated rings. The molecule has 1 saturated carbocycles. The number of nitrogens with zero attached hydrogens (tertiary/aromatic N) is 3. The number of benzene rings is 1. The Morgan fingerprint density at radius 1 is 1.10 bits per heavy atom. The molecule has 0 bridgehead atoms. The highest BCUT2D eigenvalue weighted by molar-refractivity contribution is 5.79. The van der Waals surface area contributed by atoms with Gasteiger partial charge in [-0.3, -0.25) is 9.59 Å². The molecule has 1 atom stereocenters. The zero-order valence-corrected chi connectivity index (χ0v) is 16.8. The summed E-state index contributed by atoms with van der Waals surface area (Å²) in [5.74, 6) is 1.19. The van der Waals surface area contributed by atoms with Crippen LogP contribution in [-0.4, -0.2) is 40.0 Å². The minimum atomic E-state index is -0.709. The maximum absolute atomic E-state index is 12.6. The SMILES string of the molecule is CC(=O)OC(c1ccccc1)c1nc(C2CCN(C(=O)C3CCCC3)CC2)no1. The lowest BCUT2D eigenvalue weighted by molar-refractivity contribution is -0.145. The minimum absolute atomic E-state index is 0.147. The number of amides is 1. The van der Waals surface area contributed by atoms with Gasteiger partial charge in [-0.2, -0.15) is 4.98 Å². The van der Waals surface area contributed by atoms with Crippen LogP contribution in [0.1, 0.15) is 74.7 Å². The second-order valence-corrected chi connectivity index (χ2v) is 7.97. The summed E-state index contributed by atoms with van der Waals surface area (Å²) in [4.78, 5) is 30.7. The number of carbonyl (C=O) groups excluding carboxylic acids is 2. The van der Waals surface area contributed by atoms with Gasteiger partial charge in [0.15, 0.2) is 5.82 Å². The van der Waals surface area contributed by atoms with Gasteiger partial charge in [0.05, 0.1) is 0 Å². The fraction of sp³-hybridized carbons (Fsp3) is 0.545. The Balaban J connectivity index is 1.42. The first-order valence-electron chi connectivity index (χ1n) is 10.5. The van der Waals surface area contributed by atoms with E-state index in [-0.39, 0.29) is 17.7 Å². The van der Waals surface area contributed by atoms with Gasteiger partial charge in [-0.05, 0) is 25.7 Å². The monoisotopic (exact) mass is 397 g/mol. The molecular weight excluding hydrogens is 370 g/mol. The van der Waals surface area contributed by atoms with Gasteiger partial charge in [-0.25, -0.2) is 0 Å². The number of carbonyl (C=O) groups is 2. The summed E-state index contributed by atoms with van der Waals surface area (Å²) in [5, 5.41) is 4.16. The van der Waals surface area contributed by atoms with Crippen LogP contribution in [0, 0.1) is 5.92 Å². The fourth-order valence-electron chi connectivity index (χ4n) is 4.36. The van der Waals surface area contributed by atoms with Crippen molar-refractivity contribution < 1.29 is 18.8 Å². The Bertz CT molecular complexity index is 837. The van der Waals surface area contributed by atoms with Gasteiger partial charge in [0.2, 0.25) is 12.0 Å². The third kappa shape index (κ3) is 4.49. The van der Waals surface area contributed by atoms with Crippen molar-refractivity contribution in [1.29, 1.82) is 0 Å². The van der Waals surface area contributed by atoms with E-state index in [1.807, 2.05) is 35.2 Å². The summed E-state index contributed by atoms with van der Waals surface area (Å²) in [6.45, 7) is 2.83.